The van der Waals surface area contributed by atoms with Gasteiger partial charge in [0.05, 0.1) is 6.61 Å². The van der Waals surface area contributed by atoms with Crippen LogP contribution in [-0.2, 0) is 4.74 Å². The van der Waals surface area contributed by atoms with Gasteiger partial charge in [-0.05, 0) is 22.4 Å². The number of ether oxygens (including phenoxy) is 2. The van der Waals surface area contributed by atoms with Crippen LogP contribution in [0.3, 0.4) is 0 Å². The summed E-state index contributed by atoms with van der Waals surface area (Å²) >= 11 is 3.20. The molecule has 1 aromatic heterocycles. The van der Waals surface area contributed by atoms with E-state index in [0.29, 0.717) is 23.6 Å². The monoisotopic (exact) mass is 275 g/mol. The van der Waals surface area contributed by atoms with Crippen molar-refractivity contribution in [2.24, 2.45) is 0 Å². The normalized spacial score (nSPS) is 10.3. The number of nitrogen functional groups attached to an aromatic ring is 1. The summed E-state index contributed by atoms with van der Waals surface area (Å²) in [4.78, 5) is 7.91. The van der Waals surface area contributed by atoms with Gasteiger partial charge in [0, 0.05) is 12.7 Å². The number of rotatable bonds is 6. The summed E-state index contributed by atoms with van der Waals surface area (Å²) < 4.78 is 11.1. The first-order chi connectivity index (χ1) is 7.22. The molecule has 6 heteroatoms. The Hall–Kier alpha value is -0.880. The molecule has 0 aliphatic carbocycles. The highest BCUT2D eigenvalue weighted by molar-refractivity contribution is 9.10. The van der Waals surface area contributed by atoms with Gasteiger partial charge in [0.25, 0.3) is 0 Å². The molecule has 1 aromatic rings. The third-order valence-corrected chi connectivity index (χ3v) is 1.91. The van der Waals surface area contributed by atoms with Gasteiger partial charge in [0.15, 0.2) is 0 Å². The lowest BCUT2D eigenvalue weighted by atomic mass is 10.5. The average molecular weight is 276 g/mol. The second-order valence-electron chi connectivity index (χ2n) is 2.86. The molecule has 0 saturated carbocycles. The number of nitrogens with two attached hydrogens (primary N) is 1. The van der Waals surface area contributed by atoms with Gasteiger partial charge in [-0.15, -0.1) is 0 Å². The van der Waals surface area contributed by atoms with Crippen molar-refractivity contribution < 1.29 is 9.47 Å². The van der Waals surface area contributed by atoms with Gasteiger partial charge < -0.3 is 15.2 Å². The fourth-order valence-electron chi connectivity index (χ4n) is 0.916. The summed E-state index contributed by atoms with van der Waals surface area (Å²) in [7, 11) is 0. The van der Waals surface area contributed by atoms with Gasteiger partial charge in [-0.1, -0.05) is 6.92 Å². The third kappa shape index (κ3) is 4.94. The lowest BCUT2D eigenvalue weighted by Gasteiger charge is -2.05. The molecule has 2 N–H and O–H groups in total. The molecule has 15 heavy (non-hydrogen) atoms. The van der Waals surface area contributed by atoms with E-state index in [1.165, 1.54) is 0 Å². The van der Waals surface area contributed by atoms with Crippen LogP contribution < -0.4 is 10.5 Å². The number of hydrogen-bond donors (Lipinski definition) is 1. The van der Waals surface area contributed by atoms with Crippen molar-refractivity contribution >= 4 is 21.7 Å². The minimum absolute atomic E-state index is 0.266. The van der Waals surface area contributed by atoms with Gasteiger partial charge in [-0.3, -0.25) is 0 Å². The maximum absolute atomic E-state index is 5.52. The molecule has 0 spiro atoms. The van der Waals surface area contributed by atoms with Crippen LogP contribution in [0.1, 0.15) is 13.3 Å². The van der Waals surface area contributed by atoms with E-state index in [2.05, 4.69) is 32.8 Å². The first-order valence-corrected chi connectivity index (χ1v) is 5.52. The van der Waals surface area contributed by atoms with Crippen molar-refractivity contribution in [3.05, 3.63) is 10.7 Å². The molecule has 0 aliphatic rings. The highest BCUT2D eigenvalue weighted by atomic mass is 79.9. The molecular weight excluding hydrogens is 262 g/mol. The summed E-state index contributed by atoms with van der Waals surface area (Å²) in [5, 5.41) is 0. The molecule has 0 unspecified atom stereocenters. The predicted molar refractivity (Wildman–Crippen MR) is 60.7 cm³/mol. The quantitative estimate of drug-likeness (QED) is 0.631. The first kappa shape index (κ1) is 12.2. The van der Waals surface area contributed by atoms with E-state index in [-0.39, 0.29) is 6.01 Å². The van der Waals surface area contributed by atoms with Gasteiger partial charge in [0.1, 0.15) is 17.0 Å². The van der Waals surface area contributed by atoms with Crippen LogP contribution in [0, 0.1) is 0 Å². The molecule has 84 valence electrons. The van der Waals surface area contributed by atoms with E-state index in [9.17, 15) is 0 Å². The zero-order valence-electron chi connectivity index (χ0n) is 8.57. The average Bonchev–Trinajstić information content (AvgIpc) is 2.16. The Labute approximate surface area is 97.1 Å². The number of nitrogens with zero attached hydrogens (tertiary/aromatic N) is 2. The zero-order chi connectivity index (χ0) is 11.1. The van der Waals surface area contributed by atoms with E-state index >= 15 is 0 Å². The van der Waals surface area contributed by atoms with Gasteiger partial charge >= 0.3 is 6.01 Å². The smallest absolute Gasteiger partial charge is 0.319 e. The number of anilines is 1. The molecule has 0 radical (unpaired) electrons. The Balaban J connectivity index is 2.31. The van der Waals surface area contributed by atoms with Crippen LogP contribution in [-0.4, -0.2) is 29.8 Å². The van der Waals surface area contributed by atoms with Gasteiger partial charge in [0.2, 0.25) is 0 Å². The second-order valence-corrected chi connectivity index (χ2v) is 3.67. The Kier molecular flexibility index (Phi) is 5.34. The predicted octanol–water partition coefficient (Wildman–Crippen LogP) is 1.63. The van der Waals surface area contributed by atoms with E-state index in [1.54, 1.807) is 6.07 Å². The Morgan fingerprint density at radius 2 is 2.13 bits per heavy atom. The summed E-state index contributed by atoms with van der Waals surface area (Å²) in [6.45, 7) is 3.75. The second kappa shape index (κ2) is 6.58. The molecule has 0 fully saturated rings. The fraction of sp³-hybridized carbons (Fsp3) is 0.556. The van der Waals surface area contributed by atoms with Crippen molar-refractivity contribution in [3.63, 3.8) is 0 Å². The topological polar surface area (TPSA) is 70.3 Å². The van der Waals surface area contributed by atoms with Gasteiger partial charge in [-0.2, -0.15) is 9.97 Å². The lowest BCUT2D eigenvalue weighted by molar-refractivity contribution is 0.0972. The van der Waals surface area contributed by atoms with Crippen LogP contribution in [0.2, 0.25) is 0 Å². The van der Waals surface area contributed by atoms with Crippen molar-refractivity contribution in [2.45, 2.75) is 13.3 Å². The fourth-order valence-corrected chi connectivity index (χ4v) is 1.30. The highest BCUT2D eigenvalue weighted by Crippen LogP contribution is 2.13. The molecule has 1 heterocycles. The van der Waals surface area contributed by atoms with Crippen LogP contribution in [0.15, 0.2) is 10.7 Å². The summed E-state index contributed by atoms with van der Waals surface area (Å²) in [6, 6.07) is 1.88. The summed E-state index contributed by atoms with van der Waals surface area (Å²) in [5.41, 5.74) is 5.52. The first-order valence-electron chi connectivity index (χ1n) is 4.73. The van der Waals surface area contributed by atoms with E-state index in [0.717, 1.165) is 13.0 Å². The van der Waals surface area contributed by atoms with E-state index in [4.69, 9.17) is 15.2 Å². The minimum Gasteiger partial charge on any atom is -0.461 e. The SMILES string of the molecule is CCCOCCOc1nc(N)cc(Br)n1. The molecule has 5 nitrogen and oxygen atoms in total. The molecule has 0 saturated heterocycles. The maximum atomic E-state index is 5.52. The molecule has 1 rings (SSSR count). The number of aromatic nitrogens is 2. The number of hydrogen-bond acceptors (Lipinski definition) is 5. The Morgan fingerprint density at radius 3 is 2.80 bits per heavy atom. The van der Waals surface area contributed by atoms with Crippen LogP contribution in [0.25, 0.3) is 0 Å². The van der Waals surface area contributed by atoms with Crippen LogP contribution in [0.5, 0.6) is 6.01 Å². The minimum atomic E-state index is 0.266. The lowest BCUT2D eigenvalue weighted by Crippen LogP contribution is -2.09. The van der Waals surface area contributed by atoms with Crippen molar-refractivity contribution in [1.29, 1.82) is 0 Å². The molecule has 0 aromatic carbocycles. The van der Waals surface area contributed by atoms with Crippen molar-refractivity contribution in [1.82, 2.24) is 9.97 Å². The molecule has 0 amide bonds. The molecule has 0 bridgehead atoms. The third-order valence-electron chi connectivity index (χ3n) is 1.50. The maximum Gasteiger partial charge on any atom is 0.319 e. The van der Waals surface area contributed by atoms with Crippen molar-refractivity contribution in [3.8, 4) is 6.01 Å². The van der Waals surface area contributed by atoms with E-state index in [1.807, 2.05) is 0 Å². The molecule has 0 atom stereocenters. The molecule has 0 aliphatic heterocycles. The standard InChI is InChI=1S/C9H14BrN3O2/c1-2-3-14-4-5-15-9-12-7(10)6-8(11)13-9/h6H,2-5H2,1H3,(H2,11,12,13). The summed E-state index contributed by atoms with van der Waals surface area (Å²) in [6.07, 6.45) is 1.00. The summed E-state index contributed by atoms with van der Waals surface area (Å²) in [5.74, 6) is 0.376. The zero-order valence-corrected chi connectivity index (χ0v) is 10.2. The number of halogens is 1. The van der Waals surface area contributed by atoms with Gasteiger partial charge in [-0.25, -0.2) is 0 Å². The molecular formula is C9H14BrN3O2. The van der Waals surface area contributed by atoms with E-state index < -0.39 is 0 Å². The highest BCUT2D eigenvalue weighted by Gasteiger charge is 2.01. The van der Waals surface area contributed by atoms with Crippen molar-refractivity contribution in [2.75, 3.05) is 25.6 Å². The van der Waals surface area contributed by atoms with Crippen LogP contribution >= 0.6 is 15.9 Å². The largest absolute Gasteiger partial charge is 0.461 e. The van der Waals surface area contributed by atoms with Crippen LogP contribution in [0.4, 0.5) is 5.82 Å². The Morgan fingerprint density at radius 1 is 1.33 bits per heavy atom. The Bertz CT molecular complexity index is 289.